The molecule has 0 aliphatic carbocycles. The van der Waals surface area contributed by atoms with Gasteiger partial charge in [-0.1, -0.05) is 0 Å². The Hall–Kier alpha value is -0.160. The molecular formula is C9H14O4. The van der Waals surface area contributed by atoms with Crippen molar-refractivity contribution < 1.29 is 18.9 Å². The van der Waals surface area contributed by atoms with E-state index >= 15 is 0 Å². The van der Waals surface area contributed by atoms with Crippen molar-refractivity contribution in [1.82, 2.24) is 0 Å². The van der Waals surface area contributed by atoms with E-state index in [2.05, 4.69) is 0 Å². The van der Waals surface area contributed by atoms with E-state index in [1.54, 1.807) is 0 Å². The van der Waals surface area contributed by atoms with Gasteiger partial charge in [-0.25, -0.2) is 0 Å². The summed E-state index contributed by atoms with van der Waals surface area (Å²) in [5, 5.41) is 0. The molecule has 6 saturated heterocycles. The third kappa shape index (κ3) is 1.38. The fourth-order valence-electron chi connectivity index (χ4n) is 2.03. The lowest BCUT2D eigenvalue weighted by atomic mass is 9.91. The minimum absolute atomic E-state index is 0.0287. The zero-order valence-electron chi connectivity index (χ0n) is 7.53. The molecule has 0 radical (unpaired) electrons. The van der Waals surface area contributed by atoms with Crippen molar-refractivity contribution in [3.63, 3.8) is 0 Å². The lowest BCUT2D eigenvalue weighted by Crippen LogP contribution is -2.50. The molecule has 0 amide bonds. The fourth-order valence-corrected chi connectivity index (χ4v) is 2.03. The van der Waals surface area contributed by atoms with Crippen LogP contribution < -0.4 is 0 Å². The number of ether oxygens (including phenoxy) is 4. The molecule has 0 N–H and O–H groups in total. The standard InChI is InChI=1S/C9H14O4/c1-2-8-12-5-9(6-13-8)3-10-7(1)11-4-9/h7-8H,1-6H2. The SMILES string of the molecule is C1CC2OCC3(COC1OC3)CO2. The summed E-state index contributed by atoms with van der Waals surface area (Å²) < 4.78 is 22.4. The van der Waals surface area contributed by atoms with E-state index in [0.717, 1.165) is 12.8 Å². The zero-order chi connectivity index (χ0) is 8.73. The van der Waals surface area contributed by atoms with Crippen LogP contribution in [-0.4, -0.2) is 39.0 Å². The first-order chi connectivity index (χ1) is 6.36. The normalized spacial score (nSPS) is 49.8. The van der Waals surface area contributed by atoms with Gasteiger partial charge >= 0.3 is 0 Å². The maximum absolute atomic E-state index is 5.60. The summed E-state index contributed by atoms with van der Waals surface area (Å²) in [7, 11) is 0. The van der Waals surface area contributed by atoms with Gasteiger partial charge in [-0.3, -0.25) is 0 Å². The van der Waals surface area contributed by atoms with Gasteiger partial charge in [-0.05, 0) is 0 Å². The van der Waals surface area contributed by atoms with Crippen LogP contribution in [0.5, 0.6) is 0 Å². The Kier molecular flexibility index (Phi) is 1.83. The molecule has 4 nitrogen and oxygen atoms in total. The zero-order valence-corrected chi connectivity index (χ0v) is 7.53. The van der Waals surface area contributed by atoms with Crippen LogP contribution in [0.1, 0.15) is 12.8 Å². The first kappa shape index (κ1) is 8.17. The molecule has 0 unspecified atom stereocenters. The van der Waals surface area contributed by atoms with Gasteiger partial charge < -0.3 is 18.9 Å². The number of rotatable bonds is 0. The van der Waals surface area contributed by atoms with Crippen molar-refractivity contribution in [3.8, 4) is 0 Å². The van der Waals surface area contributed by atoms with E-state index in [1.807, 2.05) is 0 Å². The summed E-state index contributed by atoms with van der Waals surface area (Å²) in [6, 6.07) is 0. The van der Waals surface area contributed by atoms with Crippen LogP contribution in [0, 0.1) is 5.41 Å². The summed E-state index contributed by atoms with van der Waals surface area (Å²) in [5.41, 5.74) is -0.0304. The highest BCUT2D eigenvalue weighted by atomic mass is 16.7. The molecule has 1 spiro atoms. The third-order valence-electron chi connectivity index (χ3n) is 2.94. The Balaban J connectivity index is 1.85. The second-order valence-corrected chi connectivity index (χ2v) is 4.18. The summed E-state index contributed by atoms with van der Waals surface area (Å²) >= 11 is 0. The van der Waals surface area contributed by atoms with Gasteiger partial charge in [-0.15, -0.1) is 0 Å². The molecule has 6 aliphatic rings. The molecule has 4 heteroatoms. The Labute approximate surface area is 77.1 Å². The van der Waals surface area contributed by atoms with Crippen LogP contribution in [0.4, 0.5) is 0 Å². The van der Waals surface area contributed by atoms with Gasteiger partial charge in [0.15, 0.2) is 12.6 Å². The van der Waals surface area contributed by atoms with E-state index in [4.69, 9.17) is 18.9 Å². The Morgan fingerprint density at radius 1 is 0.692 bits per heavy atom. The van der Waals surface area contributed by atoms with Crippen molar-refractivity contribution in [2.45, 2.75) is 25.4 Å². The Morgan fingerprint density at radius 2 is 1.08 bits per heavy atom. The second kappa shape index (κ2) is 2.92. The molecule has 13 heavy (non-hydrogen) atoms. The first-order valence-corrected chi connectivity index (χ1v) is 4.83. The smallest absolute Gasteiger partial charge is 0.157 e. The second-order valence-electron chi connectivity index (χ2n) is 4.18. The number of hydrogen-bond acceptors (Lipinski definition) is 4. The monoisotopic (exact) mass is 186 g/mol. The molecule has 6 fully saturated rings. The summed E-state index contributed by atoms with van der Waals surface area (Å²) in [5.74, 6) is 0. The summed E-state index contributed by atoms with van der Waals surface area (Å²) in [4.78, 5) is 0. The molecule has 3 bridgehead atoms. The van der Waals surface area contributed by atoms with Crippen molar-refractivity contribution in [1.29, 1.82) is 0 Å². The van der Waals surface area contributed by atoms with Gasteiger partial charge in [0, 0.05) is 12.8 Å². The third-order valence-corrected chi connectivity index (χ3v) is 2.94. The topological polar surface area (TPSA) is 36.9 Å². The predicted octanol–water partition coefficient (Wildman–Crippen LogP) is 0.512. The van der Waals surface area contributed by atoms with Gasteiger partial charge in [0.05, 0.1) is 31.8 Å². The lowest BCUT2D eigenvalue weighted by molar-refractivity contribution is -0.281. The first-order valence-electron chi connectivity index (χ1n) is 4.83. The molecule has 0 aromatic rings. The van der Waals surface area contributed by atoms with Gasteiger partial charge in [0.25, 0.3) is 0 Å². The largest absolute Gasteiger partial charge is 0.352 e. The molecule has 0 aromatic carbocycles. The average Bonchev–Trinajstić information content (AvgIpc) is 2.40. The van der Waals surface area contributed by atoms with Crippen molar-refractivity contribution in [2.75, 3.05) is 26.4 Å². The molecule has 6 heterocycles. The maximum Gasteiger partial charge on any atom is 0.157 e. The fraction of sp³-hybridized carbons (Fsp3) is 1.00. The Bertz CT molecular complexity index is 159. The average molecular weight is 186 g/mol. The molecule has 6 rings (SSSR count). The maximum atomic E-state index is 5.60. The van der Waals surface area contributed by atoms with Crippen LogP contribution in [0.3, 0.4) is 0 Å². The van der Waals surface area contributed by atoms with E-state index in [9.17, 15) is 0 Å². The Morgan fingerprint density at radius 3 is 1.46 bits per heavy atom. The minimum Gasteiger partial charge on any atom is -0.352 e. The molecule has 74 valence electrons. The van der Waals surface area contributed by atoms with Gasteiger partial charge in [0.2, 0.25) is 0 Å². The van der Waals surface area contributed by atoms with Crippen molar-refractivity contribution in [3.05, 3.63) is 0 Å². The van der Waals surface area contributed by atoms with E-state index in [1.165, 1.54) is 0 Å². The van der Waals surface area contributed by atoms with Gasteiger partial charge in [-0.2, -0.15) is 0 Å². The lowest BCUT2D eigenvalue weighted by Gasteiger charge is -2.41. The quantitative estimate of drug-likeness (QED) is 0.552. The van der Waals surface area contributed by atoms with Crippen molar-refractivity contribution in [2.24, 2.45) is 5.41 Å². The molecule has 6 aliphatic heterocycles. The predicted molar refractivity (Wildman–Crippen MR) is 43.1 cm³/mol. The van der Waals surface area contributed by atoms with Crippen LogP contribution in [0.2, 0.25) is 0 Å². The number of hydrogen-bond donors (Lipinski definition) is 0. The van der Waals surface area contributed by atoms with E-state index < -0.39 is 0 Å². The minimum atomic E-state index is -0.0304. The van der Waals surface area contributed by atoms with Gasteiger partial charge in [0.1, 0.15) is 0 Å². The van der Waals surface area contributed by atoms with Crippen LogP contribution in [0.25, 0.3) is 0 Å². The highest BCUT2D eigenvalue weighted by Gasteiger charge is 2.43. The molecule has 0 atom stereocenters. The highest BCUT2D eigenvalue weighted by Crippen LogP contribution is 2.34. The highest BCUT2D eigenvalue weighted by molar-refractivity contribution is 4.85. The molecular weight excluding hydrogens is 172 g/mol. The molecule has 0 aromatic heterocycles. The van der Waals surface area contributed by atoms with Crippen LogP contribution >= 0.6 is 0 Å². The summed E-state index contributed by atoms with van der Waals surface area (Å²) in [6.45, 7) is 2.85. The molecule has 0 saturated carbocycles. The van der Waals surface area contributed by atoms with Crippen molar-refractivity contribution >= 4 is 0 Å². The van der Waals surface area contributed by atoms with E-state index in [-0.39, 0.29) is 18.0 Å². The van der Waals surface area contributed by atoms with Crippen LogP contribution in [-0.2, 0) is 18.9 Å². The summed E-state index contributed by atoms with van der Waals surface area (Å²) in [6.07, 6.45) is 1.69. The van der Waals surface area contributed by atoms with E-state index in [0.29, 0.717) is 26.4 Å². The van der Waals surface area contributed by atoms with Crippen LogP contribution in [0.15, 0.2) is 0 Å².